The van der Waals surface area contributed by atoms with Gasteiger partial charge in [0.15, 0.2) is 5.82 Å². The second-order valence-electron chi connectivity index (χ2n) is 4.20. The summed E-state index contributed by atoms with van der Waals surface area (Å²) in [5.74, 6) is -2.37. The Morgan fingerprint density at radius 2 is 2.05 bits per heavy atom. The van der Waals surface area contributed by atoms with Crippen molar-refractivity contribution >= 4 is 17.4 Å². The molecule has 1 rings (SSSR count). The number of carbonyl (C=O) groups is 2. The molecule has 5 nitrogen and oxygen atoms in total. The summed E-state index contributed by atoms with van der Waals surface area (Å²) in [4.78, 5) is 23.5. The zero-order valence-electron chi connectivity index (χ0n) is 11.7. The molecule has 108 valence electrons. The molecule has 20 heavy (non-hydrogen) atoms. The van der Waals surface area contributed by atoms with E-state index in [4.69, 9.17) is 0 Å². The minimum Gasteiger partial charge on any atom is -0.462 e. The number of hydrogen-bond donors (Lipinski definition) is 1. The molecule has 0 saturated carbocycles. The zero-order chi connectivity index (χ0) is 15.3. The Morgan fingerprint density at radius 1 is 1.40 bits per heavy atom. The van der Waals surface area contributed by atoms with Crippen LogP contribution in [0.1, 0.15) is 17.3 Å². The summed E-state index contributed by atoms with van der Waals surface area (Å²) in [6.07, 6.45) is 0. The third kappa shape index (κ3) is 3.64. The third-order valence-corrected chi connectivity index (χ3v) is 2.38. The molecule has 0 fully saturated rings. The van der Waals surface area contributed by atoms with Gasteiger partial charge in [-0.3, -0.25) is 4.79 Å². The molecule has 0 aliphatic heterocycles. The molecule has 0 atom stereocenters. The molecule has 1 aromatic rings. The second kappa shape index (κ2) is 6.81. The van der Waals surface area contributed by atoms with Gasteiger partial charge in [-0.05, 0) is 19.1 Å². The van der Waals surface area contributed by atoms with Crippen molar-refractivity contribution in [2.45, 2.75) is 6.92 Å². The molecule has 0 aliphatic rings. The van der Waals surface area contributed by atoms with Crippen molar-refractivity contribution in [3.05, 3.63) is 41.7 Å². The summed E-state index contributed by atoms with van der Waals surface area (Å²) in [6, 6.07) is 4.29. The summed E-state index contributed by atoms with van der Waals surface area (Å²) in [5.41, 5.74) is 2.24. The molecule has 1 aromatic carbocycles. The number of anilines is 1. The van der Waals surface area contributed by atoms with Gasteiger partial charge in [0.2, 0.25) is 5.78 Å². The topological polar surface area (TPSA) is 58.6 Å². The van der Waals surface area contributed by atoms with E-state index < -0.39 is 23.1 Å². The number of esters is 1. The number of rotatable bonds is 6. The highest BCUT2D eigenvalue weighted by Gasteiger charge is 2.22. The van der Waals surface area contributed by atoms with Crippen LogP contribution in [0.2, 0.25) is 0 Å². The van der Waals surface area contributed by atoms with E-state index >= 15 is 0 Å². The quantitative estimate of drug-likeness (QED) is 0.216. The highest BCUT2D eigenvalue weighted by atomic mass is 19.1. The van der Waals surface area contributed by atoms with Crippen molar-refractivity contribution in [3.63, 3.8) is 0 Å². The molecule has 0 unspecified atom stereocenters. The van der Waals surface area contributed by atoms with E-state index in [1.165, 1.54) is 23.2 Å². The van der Waals surface area contributed by atoms with Crippen molar-refractivity contribution in [2.75, 3.05) is 26.1 Å². The molecule has 0 saturated heterocycles. The van der Waals surface area contributed by atoms with Gasteiger partial charge < -0.3 is 10.2 Å². The fourth-order valence-electron chi connectivity index (χ4n) is 1.51. The van der Waals surface area contributed by atoms with E-state index in [1.54, 1.807) is 21.0 Å². The first-order valence-corrected chi connectivity index (χ1v) is 6.01. The van der Waals surface area contributed by atoms with Gasteiger partial charge in [0.05, 0.1) is 17.9 Å². The number of benzene rings is 1. The van der Waals surface area contributed by atoms with Gasteiger partial charge in [0.25, 0.3) is 0 Å². The van der Waals surface area contributed by atoms with Gasteiger partial charge in [-0.25, -0.2) is 14.2 Å². The average molecular weight is 280 g/mol. The maximum Gasteiger partial charge on any atom is 0.341 e. The molecular formula is C14H17FN2O3. The molecular weight excluding hydrogens is 263 g/mol. The standard InChI is InChI=1S/C14H17FN2O3/c1-5-20-14(19)9(2)13(18)10-7-6-8-11(12(10)15)16-17(3)4/h6-8,16H,2,5H2,1,3-4H3. The van der Waals surface area contributed by atoms with E-state index in [2.05, 4.69) is 16.7 Å². The monoisotopic (exact) mass is 280 g/mol. The fourth-order valence-corrected chi connectivity index (χ4v) is 1.51. The van der Waals surface area contributed by atoms with Crippen LogP contribution < -0.4 is 5.43 Å². The van der Waals surface area contributed by atoms with Crippen LogP contribution in [0.3, 0.4) is 0 Å². The van der Waals surface area contributed by atoms with E-state index in [0.29, 0.717) is 0 Å². The van der Waals surface area contributed by atoms with Gasteiger partial charge in [0, 0.05) is 14.1 Å². The first-order valence-electron chi connectivity index (χ1n) is 6.01. The predicted octanol–water partition coefficient (Wildman–Crippen LogP) is 2.02. The highest BCUT2D eigenvalue weighted by Crippen LogP contribution is 2.20. The van der Waals surface area contributed by atoms with Crippen LogP contribution in [-0.4, -0.2) is 37.5 Å². The van der Waals surface area contributed by atoms with Crippen LogP contribution in [-0.2, 0) is 9.53 Å². The number of ether oxygens (including phenoxy) is 1. The van der Waals surface area contributed by atoms with Gasteiger partial charge in [0.1, 0.15) is 5.57 Å². The van der Waals surface area contributed by atoms with Crippen molar-refractivity contribution in [1.82, 2.24) is 5.01 Å². The Morgan fingerprint density at radius 3 is 2.60 bits per heavy atom. The number of carbonyl (C=O) groups excluding carboxylic acids is 2. The van der Waals surface area contributed by atoms with Gasteiger partial charge in [-0.15, -0.1) is 0 Å². The zero-order valence-corrected chi connectivity index (χ0v) is 11.7. The summed E-state index contributed by atoms with van der Waals surface area (Å²) in [6.45, 7) is 5.09. The van der Waals surface area contributed by atoms with E-state index in [-0.39, 0.29) is 17.9 Å². The number of hydrazine groups is 1. The molecule has 1 N–H and O–H groups in total. The Labute approximate surface area is 117 Å². The minimum absolute atomic E-state index is 0.121. The van der Waals surface area contributed by atoms with Gasteiger partial charge in [-0.2, -0.15) is 0 Å². The lowest BCUT2D eigenvalue weighted by Gasteiger charge is -2.15. The van der Waals surface area contributed by atoms with Crippen LogP contribution in [0.15, 0.2) is 30.4 Å². The number of halogens is 1. The Balaban J connectivity index is 3.05. The van der Waals surface area contributed by atoms with Crippen molar-refractivity contribution in [2.24, 2.45) is 0 Å². The molecule has 0 radical (unpaired) electrons. The molecule has 0 aliphatic carbocycles. The molecule has 0 spiro atoms. The largest absolute Gasteiger partial charge is 0.462 e. The second-order valence-corrected chi connectivity index (χ2v) is 4.20. The van der Waals surface area contributed by atoms with Gasteiger partial charge in [-0.1, -0.05) is 12.6 Å². The van der Waals surface area contributed by atoms with Crippen LogP contribution in [0.25, 0.3) is 0 Å². The smallest absolute Gasteiger partial charge is 0.341 e. The first-order chi connectivity index (χ1) is 9.38. The van der Waals surface area contributed by atoms with E-state index in [9.17, 15) is 14.0 Å². The first kappa shape index (κ1) is 15.8. The van der Waals surface area contributed by atoms with E-state index in [0.717, 1.165) is 0 Å². The number of Topliss-reactive ketones (excluding diaryl/α,β-unsaturated/α-hetero) is 1. The summed E-state index contributed by atoms with van der Waals surface area (Å²) in [7, 11) is 3.37. The van der Waals surface area contributed by atoms with Crippen LogP contribution in [0, 0.1) is 5.82 Å². The predicted molar refractivity (Wildman–Crippen MR) is 73.8 cm³/mol. The van der Waals surface area contributed by atoms with Crippen LogP contribution >= 0.6 is 0 Å². The lowest BCUT2D eigenvalue weighted by molar-refractivity contribution is -0.138. The maximum absolute atomic E-state index is 14.2. The number of nitrogens with zero attached hydrogens (tertiary/aromatic N) is 1. The molecule has 0 bridgehead atoms. The lowest BCUT2D eigenvalue weighted by atomic mass is 10.0. The van der Waals surface area contributed by atoms with Crippen molar-refractivity contribution in [1.29, 1.82) is 0 Å². The van der Waals surface area contributed by atoms with Crippen LogP contribution in [0.5, 0.6) is 0 Å². The summed E-state index contributed by atoms with van der Waals surface area (Å²) in [5, 5.41) is 1.53. The molecule has 0 heterocycles. The maximum atomic E-state index is 14.2. The molecule has 0 aromatic heterocycles. The summed E-state index contributed by atoms with van der Waals surface area (Å²) < 4.78 is 18.9. The normalized spacial score (nSPS) is 10.2. The van der Waals surface area contributed by atoms with Crippen LogP contribution in [0.4, 0.5) is 10.1 Å². The Kier molecular flexibility index (Phi) is 5.40. The molecule has 6 heteroatoms. The Hall–Kier alpha value is -2.21. The number of nitrogens with one attached hydrogen (secondary N) is 1. The lowest BCUT2D eigenvalue weighted by Crippen LogP contribution is -2.22. The fraction of sp³-hybridized carbons (Fsp3) is 0.286. The van der Waals surface area contributed by atoms with Crippen molar-refractivity contribution < 1.29 is 18.7 Å². The number of ketones is 1. The summed E-state index contributed by atoms with van der Waals surface area (Å²) >= 11 is 0. The highest BCUT2D eigenvalue weighted by molar-refractivity contribution is 6.24. The Bertz CT molecular complexity index is 541. The van der Waals surface area contributed by atoms with Crippen molar-refractivity contribution in [3.8, 4) is 0 Å². The minimum atomic E-state index is -0.845. The van der Waals surface area contributed by atoms with E-state index in [1.807, 2.05) is 0 Å². The molecule has 0 amide bonds. The SMILES string of the molecule is C=C(C(=O)OCC)C(=O)c1cccc(NN(C)C)c1F. The third-order valence-electron chi connectivity index (χ3n) is 2.38. The average Bonchev–Trinajstić information content (AvgIpc) is 2.39. The number of hydrogen-bond acceptors (Lipinski definition) is 5. The van der Waals surface area contributed by atoms with Gasteiger partial charge >= 0.3 is 5.97 Å².